The molecule has 0 aromatic heterocycles. The summed E-state index contributed by atoms with van der Waals surface area (Å²) in [5.74, 6) is -0.143. The molecule has 1 heterocycles. The quantitative estimate of drug-likeness (QED) is 0.838. The number of rotatable bonds is 5. The van der Waals surface area contributed by atoms with Crippen molar-refractivity contribution < 1.29 is 14.7 Å². The van der Waals surface area contributed by atoms with Crippen LogP contribution in [0.5, 0.6) is 0 Å². The van der Waals surface area contributed by atoms with Gasteiger partial charge in [-0.15, -0.1) is 0 Å². The van der Waals surface area contributed by atoms with Gasteiger partial charge in [0.2, 0.25) is 0 Å². The van der Waals surface area contributed by atoms with Crippen molar-refractivity contribution in [3.8, 4) is 0 Å². The smallest absolute Gasteiger partial charge is 0.253 e. The van der Waals surface area contributed by atoms with E-state index in [0.717, 1.165) is 12.8 Å². The van der Waals surface area contributed by atoms with Gasteiger partial charge in [-0.05, 0) is 44.9 Å². The van der Waals surface area contributed by atoms with E-state index in [9.17, 15) is 14.7 Å². The average molecular weight is 345 g/mol. The first kappa shape index (κ1) is 17.9. The predicted molar refractivity (Wildman–Crippen MR) is 95.5 cm³/mol. The van der Waals surface area contributed by atoms with Crippen LogP contribution < -0.4 is 5.32 Å². The normalized spacial score (nSPS) is 24.2. The first-order valence-electron chi connectivity index (χ1n) is 9.06. The van der Waals surface area contributed by atoms with E-state index in [2.05, 4.69) is 24.1 Å². The van der Waals surface area contributed by atoms with E-state index in [4.69, 9.17) is 0 Å². The highest BCUT2D eigenvalue weighted by molar-refractivity contribution is 5.99. The molecule has 0 unspecified atom stereocenters. The molecule has 1 aromatic rings. The van der Waals surface area contributed by atoms with E-state index in [1.807, 2.05) is 4.90 Å². The third kappa shape index (κ3) is 4.19. The molecule has 136 valence electrons. The Balaban J connectivity index is 1.69. The highest BCUT2D eigenvalue weighted by Gasteiger charge is 2.32. The van der Waals surface area contributed by atoms with Gasteiger partial charge in [0.05, 0.1) is 6.61 Å². The molecule has 25 heavy (non-hydrogen) atoms. The van der Waals surface area contributed by atoms with Gasteiger partial charge in [-0.25, -0.2) is 0 Å². The molecule has 2 atom stereocenters. The Labute approximate surface area is 148 Å². The number of amides is 2. The SMILES string of the molecule is C[C@@H]1CN(C(=O)c2cccc(C(=O)NC3CC3)c2)C[C@H](C)N1CCO. The first-order chi connectivity index (χ1) is 12.0. The van der Waals surface area contributed by atoms with Crippen molar-refractivity contribution in [3.05, 3.63) is 35.4 Å². The van der Waals surface area contributed by atoms with E-state index in [1.54, 1.807) is 24.3 Å². The molecule has 1 saturated carbocycles. The van der Waals surface area contributed by atoms with Gasteiger partial charge in [-0.3, -0.25) is 14.5 Å². The molecule has 0 spiro atoms. The molecule has 0 radical (unpaired) electrons. The number of aliphatic hydroxyl groups excluding tert-OH is 1. The van der Waals surface area contributed by atoms with Gasteiger partial charge in [0.1, 0.15) is 0 Å². The minimum Gasteiger partial charge on any atom is -0.395 e. The lowest BCUT2D eigenvalue weighted by atomic mass is 10.0. The fourth-order valence-electron chi connectivity index (χ4n) is 3.55. The average Bonchev–Trinajstić information content (AvgIpc) is 3.41. The Morgan fingerprint density at radius 3 is 2.40 bits per heavy atom. The van der Waals surface area contributed by atoms with Gasteiger partial charge in [-0.2, -0.15) is 0 Å². The molecule has 2 fully saturated rings. The summed E-state index contributed by atoms with van der Waals surface area (Å²) in [7, 11) is 0. The van der Waals surface area contributed by atoms with Crippen LogP contribution in [0.4, 0.5) is 0 Å². The number of piperazine rings is 1. The lowest BCUT2D eigenvalue weighted by Gasteiger charge is -2.44. The zero-order chi connectivity index (χ0) is 18.0. The van der Waals surface area contributed by atoms with Crippen molar-refractivity contribution in [2.45, 2.75) is 44.8 Å². The zero-order valence-electron chi connectivity index (χ0n) is 14.9. The summed E-state index contributed by atoms with van der Waals surface area (Å²) in [6.45, 7) is 6.15. The van der Waals surface area contributed by atoms with Crippen LogP contribution in [0.15, 0.2) is 24.3 Å². The van der Waals surface area contributed by atoms with Crippen molar-refractivity contribution in [2.75, 3.05) is 26.2 Å². The lowest BCUT2D eigenvalue weighted by Crippen LogP contribution is -2.58. The van der Waals surface area contributed by atoms with E-state index >= 15 is 0 Å². The summed E-state index contributed by atoms with van der Waals surface area (Å²) in [6.07, 6.45) is 2.08. The molecule has 2 aliphatic rings. The van der Waals surface area contributed by atoms with Crippen LogP contribution >= 0.6 is 0 Å². The van der Waals surface area contributed by atoms with Crippen LogP contribution in [0.3, 0.4) is 0 Å². The lowest BCUT2D eigenvalue weighted by molar-refractivity contribution is 0.0236. The van der Waals surface area contributed by atoms with Gasteiger partial charge in [0.15, 0.2) is 0 Å². The van der Waals surface area contributed by atoms with E-state index in [0.29, 0.717) is 36.8 Å². The number of hydrogen-bond donors (Lipinski definition) is 2. The Kier molecular flexibility index (Phi) is 5.39. The van der Waals surface area contributed by atoms with Gasteiger partial charge in [0, 0.05) is 48.9 Å². The predicted octanol–water partition coefficient (Wildman–Crippen LogP) is 1.11. The van der Waals surface area contributed by atoms with E-state index in [-0.39, 0.29) is 30.5 Å². The second-order valence-electron chi connectivity index (χ2n) is 7.20. The monoisotopic (exact) mass is 345 g/mol. The highest BCUT2D eigenvalue weighted by Crippen LogP contribution is 2.20. The molecular weight excluding hydrogens is 318 g/mol. The number of benzene rings is 1. The third-order valence-electron chi connectivity index (χ3n) is 5.03. The Morgan fingerprint density at radius 1 is 1.16 bits per heavy atom. The summed E-state index contributed by atoms with van der Waals surface area (Å²) < 4.78 is 0. The van der Waals surface area contributed by atoms with Crippen molar-refractivity contribution >= 4 is 11.8 Å². The maximum absolute atomic E-state index is 12.9. The molecule has 1 saturated heterocycles. The molecule has 6 nitrogen and oxygen atoms in total. The summed E-state index contributed by atoms with van der Waals surface area (Å²) in [5.41, 5.74) is 1.09. The number of hydrogen-bond acceptors (Lipinski definition) is 4. The van der Waals surface area contributed by atoms with Gasteiger partial charge in [0.25, 0.3) is 11.8 Å². The Morgan fingerprint density at radius 2 is 1.80 bits per heavy atom. The number of carbonyl (C=O) groups excluding carboxylic acids is 2. The van der Waals surface area contributed by atoms with Crippen molar-refractivity contribution in [3.63, 3.8) is 0 Å². The van der Waals surface area contributed by atoms with Crippen LogP contribution in [0.1, 0.15) is 47.4 Å². The number of carbonyl (C=O) groups is 2. The summed E-state index contributed by atoms with van der Waals surface area (Å²) in [5, 5.41) is 12.2. The summed E-state index contributed by atoms with van der Waals surface area (Å²) in [4.78, 5) is 29.2. The number of aliphatic hydroxyl groups is 1. The molecule has 2 N–H and O–H groups in total. The number of β-amino-alcohol motifs (C(OH)–C–C–N with tert-alkyl or cyclic N) is 1. The standard InChI is InChI=1S/C19H27N3O3/c1-13-11-21(12-14(2)22(13)8-9-23)19(25)16-5-3-4-15(10-16)18(24)20-17-6-7-17/h3-5,10,13-14,17,23H,6-9,11-12H2,1-2H3,(H,20,24)/t13-,14+. The third-order valence-corrected chi connectivity index (χ3v) is 5.03. The molecular formula is C19H27N3O3. The summed E-state index contributed by atoms with van der Waals surface area (Å²) in [6, 6.07) is 7.67. The van der Waals surface area contributed by atoms with E-state index < -0.39 is 0 Å². The molecule has 2 amide bonds. The maximum Gasteiger partial charge on any atom is 0.253 e. The maximum atomic E-state index is 12.9. The molecule has 1 aromatic carbocycles. The van der Waals surface area contributed by atoms with E-state index in [1.165, 1.54) is 0 Å². The van der Waals surface area contributed by atoms with Crippen LogP contribution in [0.2, 0.25) is 0 Å². The molecule has 1 aliphatic carbocycles. The number of nitrogens with zero attached hydrogens (tertiary/aromatic N) is 2. The van der Waals surface area contributed by atoms with Gasteiger partial charge < -0.3 is 15.3 Å². The van der Waals surface area contributed by atoms with Crippen molar-refractivity contribution in [1.29, 1.82) is 0 Å². The van der Waals surface area contributed by atoms with Crippen molar-refractivity contribution in [2.24, 2.45) is 0 Å². The Bertz CT molecular complexity index is 633. The minimum atomic E-state index is -0.105. The second kappa shape index (κ2) is 7.54. The summed E-state index contributed by atoms with van der Waals surface area (Å²) >= 11 is 0. The molecule has 0 bridgehead atoms. The first-order valence-corrected chi connectivity index (χ1v) is 9.06. The minimum absolute atomic E-state index is 0.0385. The molecule has 3 rings (SSSR count). The fourth-order valence-corrected chi connectivity index (χ4v) is 3.55. The largest absolute Gasteiger partial charge is 0.395 e. The number of nitrogens with one attached hydrogen (secondary N) is 1. The molecule has 6 heteroatoms. The van der Waals surface area contributed by atoms with Crippen LogP contribution in [-0.4, -0.2) is 71.1 Å². The van der Waals surface area contributed by atoms with Gasteiger partial charge >= 0.3 is 0 Å². The molecule has 1 aliphatic heterocycles. The fraction of sp³-hybridized carbons (Fsp3) is 0.579. The van der Waals surface area contributed by atoms with Crippen molar-refractivity contribution in [1.82, 2.24) is 15.1 Å². The van der Waals surface area contributed by atoms with Gasteiger partial charge in [-0.1, -0.05) is 6.07 Å². The highest BCUT2D eigenvalue weighted by atomic mass is 16.3. The van der Waals surface area contributed by atoms with Crippen LogP contribution in [-0.2, 0) is 0 Å². The second-order valence-corrected chi connectivity index (χ2v) is 7.20. The topological polar surface area (TPSA) is 72.9 Å². The zero-order valence-corrected chi connectivity index (χ0v) is 14.9. The van der Waals surface area contributed by atoms with Crippen LogP contribution in [0.25, 0.3) is 0 Å². The Hall–Kier alpha value is -1.92. The van der Waals surface area contributed by atoms with Crippen LogP contribution in [0, 0.1) is 0 Å².